The van der Waals surface area contributed by atoms with Gasteiger partial charge < -0.3 is 10.0 Å². The summed E-state index contributed by atoms with van der Waals surface area (Å²) in [6.07, 6.45) is -0.419. The number of nitrogens with zero attached hydrogens (tertiary/aromatic N) is 3. The SMILES string of the molecule is CC(O)CN(C)c1nc(NN)nc2sccc12. The van der Waals surface area contributed by atoms with Gasteiger partial charge in [0.15, 0.2) is 0 Å². The van der Waals surface area contributed by atoms with E-state index in [2.05, 4.69) is 15.4 Å². The number of aliphatic hydroxyl groups excluding tert-OH is 1. The molecule has 2 heterocycles. The van der Waals surface area contributed by atoms with Crippen LogP contribution in [0.5, 0.6) is 0 Å². The number of likely N-dealkylation sites (N-methyl/N-ethyl adjacent to an activating group) is 1. The molecule has 0 aromatic carbocycles. The summed E-state index contributed by atoms with van der Waals surface area (Å²) in [6.45, 7) is 2.25. The van der Waals surface area contributed by atoms with Crippen LogP contribution in [-0.4, -0.2) is 34.8 Å². The van der Waals surface area contributed by atoms with E-state index in [0.717, 1.165) is 16.0 Å². The van der Waals surface area contributed by atoms with Crippen LogP contribution in [0, 0.1) is 0 Å². The number of hydrazine groups is 1. The fourth-order valence-electron chi connectivity index (χ4n) is 1.68. The highest BCUT2D eigenvalue weighted by Crippen LogP contribution is 2.28. The second-order valence-electron chi connectivity index (χ2n) is 3.88. The Morgan fingerprint density at radius 1 is 1.59 bits per heavy atom. The molecule has 0 aliphatic heterocycles. The smallest absolute Gasteiger partial charge is 0.240 e. The van der Waals surface area contributed by atoms with Crippen molar-refractivity contribution in [2.45, 2.75) is 13.0 Å². The van der Waals surface area contributed by atoms with Gasteiger partial charge in [0.25, 0.3) is 0 Å². The molecule has 92 valence electrons. The van der Waals surface area contributed by atoms with Crippen LogP contribution in [0.2, 0.25) is 0 Å². The van der Waals surface area contributed by atoms with Gasteiger partial charge in [0.1, 0.15) is 10.6 Å². The first-order valence-electron chi connectivity index (χ1n) is 5.23. The molecule has 0 saturated heterocycles. The molecule has 0 fully saturated rings. The third-order valence-electron chi connectivity index (χ3n) is 2.33. The molecule has 0 aliphatic carbocycles. The van der Waals surface area contributed by atoms with Crippen LogP contribution in [0.1, 0.15) is 6.92 Å². The van der Waals surface area contributed by atoms with E-state index in [0.29, 0.717) is 12.5 Å². The van der Waals surface area contributed by atoms with Crippen molar-refractivity contribution in [2.24, 2.45) is 5.84 Å². The highest BCUT2D eigenvalue weighted by atomic mass is 32.1. The molecule has 2 aromatic heterocycles. The van der Waals surface area contributed by atoms with Gasteiger partial charge in [0.05, 0.1) is 11.5 Å². The number of aromatic nitrogens is 2. The summed E-state index contributed by atoms with van der Waals surface area (Å²) in [5.74, 6) is 6.49. The fraction of sp³-hybridized carbons (Fsp3) is 0.400. The molecule has 0 aliphatic rings. The molecule has 0 bridgehead atoms. The number of nitrogen functional groups attached to an aromatic ring is 1. The first-order chi connectivity index (χ1) is 8.11. The minimum Gasteiger partial charge on any atom is -0.392 e. The van der Waals surface area contributed by atoms with E-state index >= 15 is 0 Å². The first-order valence-corrected chi connectivity index (χ1v) is 6.11. The Kier molecular flexibility index (Phi) is 3.41. The summed E-state index contributed by atoms with van der Waals surface area (Å²) >= 11 is 1.53. The van der Waals surface area contributed by atoms with Crippen molar-refractivity contribution in [3.8, 4) is 0 Å². The Bertz CT molecular complexity index is 512. The molecule has 7 heteroatoms. The predicted octanol–water partition coefficient (Wildman–Crippen LogP) is 0.794. The van der Waals surface area contributed by atoms with E-state index in [-0.39, 0.29) is 0 Å². The normalized spacial score (nSPS) is 12.7. The van der Waals surface area contributed by atoms with Gasteiger partial charge in [-0.15, -0.1) is 11.3 Å². The summed E-state index contributed by atoms with van der Waals surface area (Å²) in [6, 6.07) is 1.97. The lowest BCUT2D eigenvalue weighted by Crippen LogP contribution is -2.28. The molecule has 0 saturated carbocycles. The Morgan fingerprint density at radius 2 is 2.35 bits per heavy atom. The fourth-order valence-corrected chi connectivity index (χ4v) is 2.44. The average molecular weight is 253 g/mol. The van der Waals surface area contributed by atoms with Crippen molar-refractivity contribution in [1.82, 2.24) is 9.97 Å². The van der Waals surface area contributed by atoms with Gasteiger partial charge in [-0.25, -0.2) is 10.8 Å². The highest BCUT2D eigenvalue weighted by molar-refractivity contribution is 7.16. The zero-order valence-corrected chi connectivity index (χ0v) is 10.5. The maximum absolute atomic E-state index is 9.41. The molecular weight excluding hydrogens is 238 g/mol. The van der Waals surface area contributed by atoms with Gasteiger partial charge in [0.2, 0.25) is 5.95 Å². The van der Waals surface area contributed by atoms with Crippen LogP contribution in [0.3, 0.4) is 0 Å². The number of anilines is 2. The Morgan fingerprint density at radius 3 is 3.00 bits per heavy atom. The lowest BCUT2D eigenvalue weighted by Gasteiger charge is -2.20. The maximum Gasteiger partial charge on any atom is 0.240 e. The number of aliphatic hydroxyl groups is 1. The van der Waals surface area contributed by atoms with Gasteiger partial charge >= 0.3 is 0 Å². The Labute approximate surface area is 103 Å². The second-order valence-corrected chi connectivity index (χ2v) is 4.78. The molecular formula is C10H15N5OS. The monoisotopic (exact) mass is 253 g/mol. The summed E-state index contributed by atoms with van der Waals surface area (Å²) in [5, 5.41) is 12.3. The van der Waals surface area contributed by atoms with Gasteiger partial charge in [-0.3, -0.25) is 5.43 Å². The van der Waals surface area contributed by atoms with Gasteiger partial charge in [-0.2, -0.15) is 4.98 Å². The van der Waals surface area contributed by atoms with Gasteiger partial charge in [-0.05, 0) is 18.4 Å². The third kappa shape index (κ3) is 2.46. The number of thiophene rings is 1. The number of fused-ring (bicyclic) bond motifs is 1. The van der Waals surface area contributed by atoms with Crippen molar-refractivity contribution in [2.75, 3.05) is 23.9 Å². The van der Waals surface area contributed by atoms with E-state index in [1.807, 2.05) is 23.4 Å². The number of nitrogens with two attached hydrogens (primary N) is 1. The lowest BCUT2D eigenvalue weighted by molar-refractivity contribution is 0.201. The quantitative estimate of drug-likeness (QED) is 0.551. The van der Waals surface area contributed by atoms with Crippen LogP contribution < -0.4 is 16.2 Å². The summed E-state index contributed by atoms with van der Waals surface area (Å²) in [7, 11) is 1.88. The topological polar surface area (TPSA) is 87.3 Å². The molecule has 2 rings (SSSR count). The predicted molar refractivity (Wildman–Crippen MR) is 70.2 cm³/mol. The van der Waals surface area contributed by atoms with Crippen LogP contribution in [0.15, 0.2) is 11.4 Å². The van der Waals surface area contributed by atoms with Crippen molar-refractivity contribution >= 4 is 33.3 Å². The number of hydrogen-bond acceptors (Lipinski definition) is 7. The standard InChI is InChI=1S/C10H15N5OS/c1-6(16)5-15(2)8-7-3-4-17-9(7)13-10(12-8)14-11/h3-4,6,16H,5,11H2,1-2H3,(H,12,13,14). The van der Waals surface area contributed by atoms with Crippen LogP contribution in [-0.2, 0) is 0 Å². The summed E-state index contributed by atoms with van der Waals surface area (Å²) < 4.78 is 0. The van der Waals surface area contributed by atoms with Crippen LogP contribution >= 0.6 is 11.3 Å². The van der Waals surface area contributed by atoms with E-state index in [1.54, 1.807) is 6.92 Å². The average Bonchev–Trinajstić information content (AvgIpc) is 2.74. The van der Waals surface area contributed by atoms with Gasteiger partial charge in [0, 0.05) is 13.6 Å². The third-order valence-corrected chi connectivity index (χ3v) is 3.14. The first kappa shape index (κ1) is 12.0. The number of rotatable bonds is 4. The molecule has 4 N–H and O–H groups in total. The zero-order chi connectivity index (χ0) is 12.4. The summed E-state index contributed by atoms with van der Waals surface area (Å²) in [4.78, 5) is 11.3. The molecule has 0 radical (unpaired) electrons. The maximum atomic E-state index is 9.41. The minimum atomic E-state index is -0.419. The van der Waals surface area contributed by atoms with Crippen molar-refractivity contribution in [3.63, 3.8) is 0 Å². The van der Waals surface area contributed by atoms with Crippen LogP contribution in [0.4, 0.5) is 11.8 Å². The van der Waals surface area contributed by atoms with Crippen molar-refractivity contribution < 1.29 is 5.11 Å². The van der Waals surface area contributed by atoms with Gasteiger partial charge in [-0.1, -0.05) is 0 Å². The van der Waals surface area contributed by atoms with E-state index in [4.69, 9.17) is 5.84 Å². The highest BCUT2D eigenvalue weighted by Gasteiger charge is 2.13. The van der Waals surface area contributed by atoms with E-state index in [1.165, 1.54) is 11.3 Å². The molecule has 0 amide bonds. The summed E-state index contributed by atoms with van der Waals surface area (Å²) in [5.41, 5.74) is 2.45. The second kappa shape index (κ2) is 4.82. The van der Waals surface area contributed by atoms with Crippen molar-refractivity contribution in [1.29, 1.82) is 0 Å². The zero-order valence-electron chi connectivity index (χ0n) is 9.71. The van der Waals surface area contributed by atoms with E-state index in [9.17, 15) is 5.11 Å². The molecule has 0 spiro atoms. The van der Waals surface area contributed by atoms with Crippen molar-refractivity contribution in [3.05, 3.63) is 11.4 Å². The lowest BCUT2D eigenvalue weighted by atomic mass is 10.3. The number of nitrogens with one attached hydrogen (secondary N) is 1. The number of hydrogen-bond donors (Lipinski definition) is 3. The van der Waals surface area contributed by atoms with E-state index < -0.39 is 6.10 Å². The molecule has 17 heavy (non-hydrogen) atoms. The molecule has 6 nitrogen and oxygen atoms in total. The van der Waals surface area contributed by atoms with Crippen LogP contribution in [0.25, 0.3) is 10.2 Å². The Hall–Kier alpha value is -1.44. The minimum absolute atomic E-state index is 0.382. The molecule has 2 aromatic rings. The molecule has 1 unspecified atom stereocenters. The molecule has 1 atom stereocenters. The largest absolute Gasteiger partial charge is 0.392 e. The Balaban J connectivity index is 2.46.